The summed E-state index contributed by atoms with van der Waals surface area (Å²) in [6, 6.07) is 10.9. The average Bonchev–Trinajstić information content (AvgIpc) is 2.46. The Morgan fingerprint density at radius 3 is 2.60 bits per heavy atom. The number of hydrogen-bond donors (Lipinski definition) is 1. The van der Waals surface area contributed by atoms with Gasteiger partial charge < -0.3 is 15.2 Å². The van der Waals surface area contributed by atoms with Gasteiger partial charge in [0.1, 0.15) is 12.4 Å². The summed E-state index contributed by atoms with van der Waals surface area (Å²) in [4.78, 5) is 11.1. The lowest BCUT2D eigenvalue weighted by Gasteiger charge is -2.12. The molecule has 0 atom stereocenters. The number of rotatable bonds is 5. The summed E-state index contributed by atoms with van der Waals surface area (Å²) in [5.74, 6) is -0.126. The van der Waals surface area contributed by atoms with Crippen LogP contribution in [-0.4, -0.2) is 13.0 Å². The van der Waals surface area contributed by atoms with Gasteiger partial charge in [-0.15, -0.1) is 0 Å². The lowest BCUT2D eigenvalue weighted by molar-refractivity contribution is 0.0999. The van der Waals surface area contributed by atoms with E-state index in [1.165, 1.54) is 25.3 Å². The minimum Gasteiger partial charge on any atom is -0.493 e. The molecule has 2 aromatic carbocycles. The van der Waals surface area contributed by atoms with Crippen molar-refractivity contribution in [1.29, 1.82) is 0 Å². The first-order chi connectivity index (χ1) is 9.61. The second kappa shape index (κ2) is 6.06. The van der Waals surface area contributed by atoms with Gasteiger partial charge in [0.05, 0.1) is 7.11 Å². The van der Waals surface area contributed by atoms with Gasteiger partial charge in [0.2, 0.25) is 5.91 Å². The standard InChI is InChI=1S/C15H14FNO3/c1-19-13-7-6-10(15(17)18)8-14(13)20-9-11-4-2-3-5-12(11)16/h2-8H,9H2,1H3,(H2,17,18). The van der Waals surface area contributed by atoms with Gasteiger partial charge >= 0.3 is 0 Å². The molecule has 0 fully saturated rings. The van der Waals surface area contributed by atoms with E-state index < -0.39 is 5.91 Å². The quantitative estimate of drug-likeness (QED) is 0.912. The second-order valence-corrected chi connectivity index (χ2v) is 4.11. The zero-order valence-corrected chi connectivity index (χ0v) is 10.9. The Kier molecular flexibility index (Phi) is 4.20. The molecule has 1 amide bonds. The maximum atomic E-state index is 13.5. The van der Waals surface area contributed by atoms with Gasteiger partial charge in [-0.25, -0.2) is 4.39 Å². The highest BCUT2D eigenvalue weighted by Gasteiger charge is 2.10. The predicted octanol–water partition coefficient (Wildman–Crippen LogP) is 2.51. The van der Waals surface area contributed by atoms with Crippen LogP contribution in [0, 0.1) is 5.82 Å². The van der Waals surface area contributed by atoms with Crippen molar-refractivity contribution in [2.75, 3.05) is 7.11 Å². The minimum absolute atomic E-state index is 0.0330. The molecule has 0 heterocycles. The van der Waals surface area contributed by atoms with Crippen molar-refractivity contribution >= 4 is 5.91 Å². The molecule has 0 unspecified atom stereocenters. The topological polar surface area (TPSA) is 61.5 Å². The van der Waals surface area contributed by atoms with Crippen molar-refractivity contribution in [3.8, 4) is 11.5 Å². The minimum atomic E-state index is -0.566. The van der Waals surface area contributed by atoms with Gasteiger partial charge in [-0.2, -0.15) is 0 Å². The van der Waals surface area contributed by atoms with Crippen LogP contribution < -0.4 is 15.2 Å². The third-order valence-electron chi connectivity index (χ3n) is 2.79. The molecule has 0 radical (unpaired) electrons. The molecule has 2 aromatic rings. The Labute approximate surface area is 115 Å². The number of ether oxygens (including phenoxy) is 2. The van der Waals surface area contributed by atoms with Crippen LogP contribution in [0.3, 0.4) is 0 Å². The predicted molar refractivity (Wildman–Crippen MR) is 72.2 cm³/mol. The van der Waals surface area contributed by atoms with E-state index in [1.807, 2.05) is 0 Å². The van der Waals surface area contributed by atoms with Crippen molar-refractivity contribution in [2.45, 2.75) is 6.61 Å². The first-order valence-corrected chi connectivity index (χ1v) is 5.96. The highest BCUT2D eigenvalue weighted by atomic mass is 19.1. The molecule has 0 saturated carbocycles. The number of carbonyl (C=O) groups excluding carboxylic acids is 1. The fraction of sp³-hybridized carbons (Fsp3) is 0.133. The highest BCUT2D eigenvalue weighted by molar-refractivity contribution is 5.93. The van der Waals surface area contributed by atoms with E-state index >= 15 is 0 Å². The number of methoxy groups -OCH3 is 1. The molecule has 2 rings (SSSR count). The van der Waals surface area contributed by atoms with E-state index in [4.69, 9.17) is 15.2 Å². The summed E-state index contributed by atoms with van der Waals surface area (Å²) < 4.78 is 24.1. The zero-order valence-electron chi connectivity index (χ0n) is 10.9. The van der Waals surface area contributed by atoms with Crippen LogP contribution >= 0.6 is 0 Å². The van der Waals surface area contributed by atoms with Crippen LogP contribution in [0.25, 0.3) is 0 Å². The summed E-state index contributed by atoms with van der Waals surface area (Å²) in [7, 11) is 1.48. The fourth-order valence-corrected chi connectivity index (χ4v) is 1.71. The van der Waals surface area contributed by atoms with Crippen molar-refractivity contribution in [3.63, 3.8) is 0 Å². The highest BCUT2D eigenvalue weighted by Crippen LogP contribution is 2.28. The van der Waals surface area contributed by atoms with Crippen molar-refractivity contribution in [1.82, 2.24) is 0 Å². The summed E-state index contributed by atoms with van der Waals surface area (Å²) in [6.45, 7) is 0.0330. The van der Waals surface area contributed by atoms with E-state index in [9.17, 15) is 9.18 Å². The first-order valence-electron chi connectivity index (χ1n) is 5.96. The summed E-state index contributed by atoms with van der Waals surface area (Å²) >= 11 is 0. The monoisotopic (exact) mass is 275 g/mol. The number of hydrogen-bond acceptors (Lipinski definition) is 3. The fourth-order valence-electron chi connectivity index (χ4n) is 1.71. The van der Waals surface area contributed by atoms with E-state index in [0.717, 1.165) is 0 Å². The number of amides is 1. The van der Waals surface area contributed by atoms with Gasteiger partial charge in [0.25, 0.3) is 0 Å². The molecule has 0 saturated heterocycles. The van der Waals surface area contributed by atoms with Crippen LogP contribution in [-0.2, 0) is 6.61 Å². The molecule has 0 aliphatic rings. The Hall–Kier alpha value is -2.56. The largest absolute Gasteiger partial charge is 0.493 e. The Balaban J connectivity index is 2.22. The van der Waals surface area contributed by atoms with Crippen LogP contribution in [0.15, 0.2) is 42.5 Å². The second-order valence-electron chi connectivity index (χ2n) is 4.11. The van der Waals surface area contributed by atoms with Crippen molar-refractivity contribution in [3.05, 3.63) is 59.4 Å². The Morgan fingerprint density at radius 2 is 1.95 bits per heavy atom. The number of nitrogens with two attached hydrogens (primary N) is 1. The van der Waals surface area contributed by atoms with Gasteiger partial charge in [-0.1, -0.05) is 18.2 Å². The van der Waals surface area contributed by atoms with Gasteiger partial charge in [0, 0.05) is 11.1 Å². The summed E-state index contributed by atoms with van der Waals surface area (Å²) in [5, 5.41) is 0. The van der Waals surface area contributed by atoms with Gasteiger partial charge in [0.15, 0.2) is 11.5 Å². The number of halogens is 1. The number of benzene rings is 2. The maximum absolute atomic E-state index is 13.5. The molecule has 5 heteroatoms. The van der Waals surface area contributed by atoms with Gasteiger partial charge in [-0.05, 0) is 24.3 Å². The molecule has 2 N–H and O–H groups in total. The molecule has 104 valence electrons. The molecular weight excluding hydrogens is 261 g/mol. The maximum Gasteiger partial charge on any atom is 0.248 e. The molecule has 0 spiro atoms. The van der Waals surface area contributed by atoms with Crippen LogP contribution in [0.1, 0.15) is 15.9 Å². The lowest BCUT2D eigenvalue weighted by atomic mass is 10.2. The van der Waals surface area contributed by atoms with Crippen LogP contribution in [0.2, 0.25) is 0 Å². The van der Waals surface area contributed by atoms with E-state index in [2.05, 4.69) is 0 Å². The molecule has 0 aliphatic carbocycles. The van der Waals surface area contributed by atoms with E-state index in [1.54, 1.807) is 24.3 Å². The lowest BCUT2D eigenvalue weighted by Crippen LogP contribution is -2.11. The molecular formula is C15H14FNO3. The van der Waals surface area contributed by atoms with Gasteiger partial charge in [-0.3, -0.25) is 4.79 Å². The van der Waals surface area contributed by atoms with Crippen molar-refractivity contribution in [2.24, 2.45) is 5.73 Å². The summed E-state index contributed by atoms with van der Waals surface area (Å²) in [5.41, 5.74) is 5.93. The zero-order chi connectivity index (χ0) is 14.5. The molecule has 0 aliphatic heterocycles. The Bertz CT molecular complexity index is 628. The normalized spacial score (nSPS) is 10.1. The van der Waals surface area contributed by atoms with Crippen LogP contribution in [0.5, 0.6) is 11.5 Å². The Morgan fingerprint density at radius 1 is 1.20 bits per heavy atom. The van der Waals surface area contributed by atoms with Crippen molar-refractivity contribution < 1.29 is 18.7 Å². The SMILES string of the molecule is COc1ccc(C(N)=O)cc1OCc1ccccc1F. The molecule has 0 bridgehead atoms. The molecule has 0 aromatic heterocycles. The molecule has 4 nitrogen and oxygen atoms in total. The van der Waals surface area contributed by atoms with E-state index in [0.29, 0.717) is 22.6 Å². The van der Waals surface area contributed by atoms with Crippen LogP contribution in [0.4, 0.5) is 4.39 Å². The average molecular weight is 275 g/mol. The third-order valence-corrected chi connectivity index (χ3v) is 2.79. The smallest absolute Gasteiger partial charge is 0.248 e. The summed E-state index contributed by atoms with van der Waals surface area (Å²) in [6.07, 6.45) is 0. The molecule has 20 heavy (non-hydrogen) atoms. The first kappa shape index (κ1) is 13.9. The number of primary amides is 1. The number of carbonyl (C=O) groups is 1. The third kappa shape index (κ3) is 3.06. The van der Waals surface area contributed by atoms with E-state index in [-0.39, 0.29) is 12.4 Å².